The smallest absolute Gasteiger partial charge is 0.306 e. The first kappa shape index (κ1) is 16.2. The van der Waals surface area contributed by atoms with Gasteiger partial charge in [0, 0.05) is 12.8 Å². The number of aliphatic carboxylic acids is 1. The maximum absolute atomic E-state index is 11.2. The van der Waals surface area contributed by atoms with Gasteiger partial charge in [0.1, 0.15) is 6.61 Å². The number of carboxylic acids is 1. The number of rotatable bonds is 10. The van der Waals surface area contributed by atoms with E-state index in [1.807, 2.05) is 0 Å². The molecule has 0 aromatic rings. The Labute approximate surface area is 108 Å². The highest BCUT2D eigenvalue weighted by molar-refractivity contribution is 5.71. The molecule has 0 saturated heterocycles. The summed E-state index contributed by atoms with van der Waals surface area (Å²) in [7, 11) is 0. The molecule has 1 unspecified atom stereocenters. The molecule has 0 amide bonds. The Morgan fingerprint density at radius 3 is 2.61 bits per heavy atom. The van der Waals surface area contributed by atoms with E-state index in [-0.39, 0.29) is 19.0 Å². The van der Waals surface area contributed by atoms with Crippen molar-refractivity contribution >= 4 is 11.9 Å². The van der Waals surface area contributed by atoms with E-state index < -0.39 is 11.9 Å². The zero-order valence-corrected chi connectivity index (χ0v) is 10.6. The van der Waals surface area contributed by atoms with Crippen molar-refractivity contribution in [3.63, 3.8) is 0 Å². The van der Waals surface area contributed by atoms with Gasteiger partial charge in [0.15, 0.2) is 0 Å². The molecule has 100 valence electrons. The largest absolute Gasteiger partial charge is 0.481 e. The molecule has 0 aromatic carbocycles. The Morgan fingerprint density at radius 2 is 2.06 bits per heavy atom. The van der Waals surface area contributed by atoms with Crippen LogP contribution in [0.2, 0.25) is 0 Å². The van der Waals surface area contributed by atoms with E-state index in [9.17, 15) is 9.59 Å². The average molecular weight is 252 g/mol. The van der Waals surface area contributed by atoms with E-state index in [2.05, 4.69) is 12.5 Å². The molecule has 1 N–H and O–H groups in total. The zero-order chi connectivity index (χ0) is 13.8. The molecule has 0 fully saturated rings. The van der Waals surface area contributed by atoms with Crippen LogP contribution in [-0.2, 0) is 14.3 Å². The number of terminal acetylenes is 1. The van der Waals surface area contributed by atoms with Crippen molar-refractivity contribution in [1.82, 2.24) is 0 Å². The fraction of sp³-hybridized carbons (Fsp3) is 0.571. The van der Waals surface area contributed by atoms with Crippen molar-refractivity contribution in [2.45, 2.75) is 38.5 Å². The first-order chi connectivity index (χ1) is 8.61. The molecule has 0 spiro atoms. The summed E-state index contributed by atoms with van der Waals surface area (Å²) in [6.07, 6.45) is 9.69. The van der Waals surface area contributed by atoms with Gasteiger partial charge in [-0.1, -0.05) is 12.7 Å². The van der Waals surface area contributed by atoms with E-state index in [1.54, 1.807) is 0 Å². The fourth-order valence-corrected chi connectivity index (χ4v) is 1.56. The fourth-order valence-electron chi connectivity index (χ4n) is 1.56. The predicted octanol–water partition coefficient (Wildman–Crippen LogP) is 2.39. The van der Waals surface area contributed by atoms with E-state index >= 15 is 0 Å². The molecule has 0 saturated carbocycles. The molecule has 1 atom stereocenters. The van der Waals surface area contributed by atoms with Crippen molar-refractivity contribution in [3.8, 4) is 12.3 Å². The molecule has 18 heavy (non-hydrogen) atoms. The van der Waals surface area contributed by atoms with Gasteiger partial charge in [0.05, 0.1) is 5.92 Å². The lowest BCUT2D eigenvalue weighted by molar-refractivity contribution is -0.145. The summed E-state index contributed by atoms with van der Waals surface area (Å²) < 4.78 is 4.80. The van der Waals surface area contributed by atoms with Crippen molar-refractivity contribution in [2.75, 3.05) is 6.61 Å². The summed E-state index contributed by atoms with van der Waals surface area (Å²) in [4.78, 5) is 22.1. The Hall–Kier alpha value is -1.76. The van der Waals surface area contributed by atoms with E-state index in [0.29, 0.717) is 32.1 Å². The zero-order valence-electron chi connectivity index (χ0n) is 10.6. The number of carbonyl (C=O) groups is 2. The van der Waals surface area contributed by atoms with Gasteiger partial charge in [-0.05, 0) is 25.7 Å². The van der Waals surface area contributed by atoms with Crippen LogP contribution in [0.1, 0.15) is 38.5 Å². The second-order valence-corrected chi connectivity index (χ2v) is 4.00. The van der Waals surface area contributed by atoms with Crippen LogP contribution in [-0.4, -0.2) is 23.7 Å². The molecule has 0 heterocycles. The molecule has 4 nitrogen and oxygen atoms in total. The van der Waals surface area contributed by atoms with E-state index in [4.69, 9.17) is 16.3 Å². The number of ether oxygens (including phenoxy) is 1. The van der Waals surface area contributed by atoms with Crippen LogP contribution in [0, 0.1) is 18.3 Å². The van der Waals surface area contributed by atoms with Gasteiger partial charge in [-0.15, -0.1) is 12.3 Å². The number of esters is 1. The topological polar surface area (TPSA) is 63.6 Å². The number of hydrogen-bond donors (Lipinski definition) is 1. The van der Waals surface area contributed by atoms with E-state index in [1.165, 1.54) is 6.08 Å². The van der Waals surface area contributed by atoms with Crippen LogP contribution in [0.4, 0.5) is 0 Å². The van der Waals surface area contributed by atoms with Crippen LogP contribution < -0.4 is 0 Å². The normalized spacial score (nSPS) is 11.3. The molecule has 0 aliphatic rings. The Morgan fingerprint density at radius 1 is 1.39 bits per heavy atom. The number of unbranched alkanes of at least 4 members (excludes halogenated alkanes) is 1. The molecule has 0 bridgehead atoms. The molecule has 0 radical (unpaired) electrons. The summed E-state index contributed by atoms with van der Waals surface area (Å²) in [6, 6.07) is 0. The SMILES string of the molecule is C#CCCCC(CCCC(=O)OCC=C)C(=O)O. The van der Waals surface area contributed by atoms with Crippen LogP contribution in [0.25, 0.3) is 0 Å². The molecule has 4 heteroatoms. The molecule has 0 rings (SSSR count). The number of carboxylic acid groups (broad SMARTS) is 1. The maximum atomic E-state index is 11.2. The standard InChI is InChI=1S/C14H20O4/c1-3-5-6-8-12(14(16)17)9-7-10-13(15)18-11-4-2/h1,4,12H,2,5-11H2,(H,16,17). The van der Waals surface area contributed by atoms with Gasteiger partial charge in [-0.2, -0.15) is 0 Å². The second kappa shape index (κ2) is 10.4. The minimum Gasteiger partial charge on any atom is -0.481 e. The number of carbonyl (C=O) groups excluding carboxylic acids is 1. The Bertz CT molecular complexity index is 314. The molecular weight excluding hydrogens is 232 g/mol. The van der Waals surface area contributed by atoms with Crippen LogP contribution in [0.15, 0.2) is 12.7 Å². The first-order valence-electron chi connectivity index (χ1n) is 6.04. The highest BCUT2D eigenvalue weighted by Gasteiger charge is 2.17. The van der Waals surface area contributed by atoms with Gasteiger partial charge >= 0.3 is 11.9 Å². The maximum Gasteiger partial charge on any atom is 0.306 e. The third kappa shape index (κ3) is 8.40. The quantitative estimate of drug-likeness (QED) is 0.280. The van der Waals surface area contributed by atoms with Gasteiger partial charge in [0.25, 0.3) is 0 Å². The van der Waals surface area contributed by atoms with Crippen molar-refractivity contribution in [1.29, 1.82) is 0 Å². The van der Waals surface area contributed by atoms with Gasteiger partial charge in [-0.25, -0.2) is 0 Å². The second-order valence-electron chi connectivity index (χ2n) is 4.00. The molecular formula is C14H20O4. The summed E-state index contributed by atoms with van der Waals surface area (Å²) >= 11 is 0. The first-order valence-corrected chi connectivity index (χ1v) is 6.04. The van der Waals surface area contributed by atoms with Crippen molar-refractivity contribution in [2.24, 2.45) is 5.92 Å². The third-order valence-electron chi connectivity index (χ3n) is 2.52. The van der Waals surface area contributed by atoms with Crippen LogP contribution in [0.3, 0.4) is 0 Å². The van der Waals surface area contributed by atoms with Gasteiger partial charge < -0.3 is 9.84 Å². The monoisotopic (exact) mass is 252 g/mol. The van der Waals surface area contributed by atoms with Crippen molar-refractivity contribution in [3.05, 3.63) is 12.7 Å². The molecule has 0 aromatic heterocycles. The highest BCUT2D eigenvalue weighted by atomic mass is 16.5. The molecule has 0 aliphatic carbocycles. The minimum absolute atomic E-state index is 0.198. The predicted molar refractivity (Wildman–Crippen MR) is 68.8 cm³/mol. The summed E-state index contributed by atoms with van der Waals surface area (Å²) in [6.45, 7) is 3.63. The average Bonchev–Trinajstić information content (AvgIpc) is 2.34. The summed E-state index contributed by atoms with van der Waals surface area (Å²) in [5.74, 6) is 0.913. The number of hydrogen-bond acceptors (Lipinski definition) is 3. The van der Waals surface area contributed by atoms with Crippen molar-refractivity contribution < 1.29 is 19.4 Å². The Balaban J connectivity index is 3.83. The van der Waals surface area contributed by atoms with E-state index in [0.717, 1.165) is 0 Å². The minimum atomic E-state index is -0.827. The van der Waals surface area contributed by atoms with Crippen LogP contribution in [0.5, 0.6) is 0 Å². The third-order valence-corrected chi connectivity index (χ3v) is 2.52. The summed E-state index contributed by atoms with van der Waals surface area (Å²) in [5, 5.41) is 9.00. The highest BCUT2D eigenvalue weighted by Crippen LogP contribution is 2.16. The van der Waals surface area contributed by atoms with Crippen LogP contribution >= 0.6 is 0 Å². The lowest BCUT2D eigenvalue weighted by Crippen LogP contribution is -2.14. The van der Waals surface area contributed by atoms with Gasteiger partial charge in [-0.3, -0.25) is 9.59 Å². The Kier molecular flexibility index (Phi) is 9.38. The lowest BCUT2D eigenvalue weighted by atomic mass is 9.96. The van der Waals surface area contributed by atoms with Gasteiger partial charge in [0.2, 0.25) is 0 Å². The lowest BCUT2D eigenvalue weighted by Gasteiger charge is -2.10. The molecule has 0 aliphatic heterocycles. The summed E-state index contributed by atoms with van der Waals surface area (Å²) in [5.41, 5.74) is 0.